The Labute approximate surface area is 137 Å². The lowest BCUT2D eigenvalue weighted by Crippen LogP contribution is -2.74. The number of hydrogen-bond acceptors (Lipinski definition) is 2. The van der Waals surface area contributed by atoms with Crippen molar-refractivity contribution < 1.29 is 10.2 Å². The molecule has 0 aromatic heterocycles. The molecule has 4 heteroatoms. The Balaban J connectivity index is 2.69. The lowest BCUT2D eigenvalue weighted by Gasteiger charge is -2.57. The van der Waals surface area contributed by atoms with Crippen LogP contribution in [0, 0.1) is 11.8 Å². The summed E-state index contributed by atoms with van der Waals surface area (Å²) >= 11 is 0. The fourth-order valence-electron chi connectivity index (χ4n) is 5.06. The lowest BCUT2D eigenvalue weighted by molar-refractivity contribution is -0.0171. The van der Waals surface area contributed by atoms with E-state index < -0.39 is 27.4 Å². The van der Waals surface area contributed by atoms with Crippen molar-refractivity contribution in [2.24, 2.45) is 11.8 Å². The van der Waals surface area contributed by atoms with Crippen LogP contribution in [0.5, 0.6) is 0 Å². The molecule has 1 aromatic rings. The lowest BCUT2D eigenvalue weighted by atomic mass is 9.90. The minimum Gasteiger partial charge on any atom is -0.391 e. The molecule has 0 aliphatic carbocycles. The van der Waals surface area contributed by atoms with Crippen LogP contribution in [0.2, 0.25) is 31.2 Å². The van der Waals surface area contributed by atoms with Crippen molar-refractivity contribution in [1.82, 2.24) is 0 Å². The third kappa shape index (κ3) is 2.75. The maximum Gasteiger partial charge on any atom is 0.0857 e. The highest BCUT2D eigenvalue weighted by atomic mass is 29.3. The highest BCUT2D eigenvalue weighted by Gasteiger charge is 2.60. The summed E-state index contributed by atoms with van der Waals surface area (Å²) in [4.78, 5) is 0. The van der Waals surface area contributed by atoms with Gasteiger partial charge in [0, 0.05) is 7.59 Å². The molecule has 2 rings (SSSR count). The van der Waals surface area contributed by atoms with Crippen LogP contribution in [0.3, 0.4) is 0 Å². The van der Waals surface area contributed by atoms with E-state index in [4.69, 9.17) is 0 Å². The van der Waals surface area contributed by atoms with Crippen LogP contribution < -0.4 is 5.19 Å². The van der Waals surface area contributed by atoms with E-state index in [-0.39, 0.29) is 5.92 Å². The molecule has 0 unspecified atom stereocenters. The molecule has 0 saturated carbocycles. The summed E-state index contributed by atoms with van der Waals surface area (Å²) in [6, 6.07) is 11.8. The van der Waals surface area contributed by atoms with Crippen LogP contribution in [0.4, 0.5) is 0 Å². The van der Waals surface area contributed by atoms with E-state index in [0.29, 0.717) is 11.5 Å². The molecule has 1 fully saturated rings. The molecule has 0 bridgehead atoms. The predicted octanol–water partition coefficient (Wildman–Crippen LogP) is 3.16. The van der Waals surface area contributed by atoms with E-state index in [9.17, 15) is 10.2 Å². The minimum atomic E-state index is -1.89. The van der Waals surface area contributed by atoms with Crippen LogP contribution in [0.25, 0.3) is 0 Å². The first-order chi connectivity index (χ1) is 10.1. The topological polar surface area (TPSA) is 40.5 Å². The summed E-state index contributed by atoms with van der Waals surface area (Å²) in [5, 5.41) is 22.6. The van der Waals surface area contributed by atoms with Crippen LogP contribution in [0.1, 0.15) is 20.8 Å². The molecular weight excluding hydrogens is 304 g/mol. The van der Waals surface area contributed by atoms with Crippen molar-refractivity contribution >= 4 is 20.4 Å². The second-order valence-corrected chi connectivity index (χ2v) is 23.8. The van der Waals surface area contributed by atoms with Crippen molar-refractivity contribution in [3.8, 4) is 0 Å². The summed E-state index contributed by atoms with van der Waals surface area (Å²) in [5.41, 5.74) is 0.528. The highest BCUT2D eigenvalue weighted by molar-refractivity contribution is 7.46. The molecule has 1 aliphatic rings. The molecule has 1 saturated heterocycles. The first-order valence-corrected chi connectivity index (χ1v) is 15.3. The van der Waals surface area contributed by atoms with Crippen LogP contribution >= 0.6 is 0 Å². The molecular formula is C18H32O2Si2. The first-order valence-electron chi connectivity index (χ1n) is 8.54. The van der Waals surface area contributed by atoms with E-state index in [1.165, 1.54) is 5.19 Å². The van der Waals surface area contributed by atoms with Gasteiger partial charge < -0.3 is 10.2 Å². The normalized spacial score (nSPS) is 36.6. The fourth-order valence-corrected chi connectivity index (χ4v) is 22.7. The Morgan fingerprint density at radius 3 is 2.09 bits per heavy atom. The number of hydrogen-bond donors (Lipinski definition) is 2. The van der Waals surface area contributed by atoms with Gasteiger partial charge in [-0.15, -0.1) is 0 Å². The van der Waals surface area contributed by atoms with Crippen LogP contribution in [0.15, 0.2) is 30.3 Å². The van der Waals surface area contributed by atoms with Gasteiger partial charge in [0.05, 0.1) is 19.8 Å². The second kappa shape index (κ2) is 6.23. The van der Waals surface area contributed by atoms with Gasteiger partial charge >= 0.3 is 0 Å². The van der Waals surface area contributed by atoms with Gasteiger partial charge in [-0.05, 0) is 23.4 Å². The molecule has 2 N–H and O–H groups in total. The average Bonchev–Trinajstić information content (AvgIpc) is 2.43. The smallest absolute Gasteiger partial charge is 0.0857 e. The van der Waals surface area contributed by atoms with E-state index in [0.717, 1.165) is 6.04 Å². The van der Waals surface area contributed by atoms with E-state index >= 15 is 0 Å². The van der Waals surface area contributed by atoms with E-state index in [1.54, 1.807) is 0 Å². The molecule has 5 atom stereocenters. The standard InChI is InChI=1S/C18H32O2Si2/c1-13(2)18-14(3)17(20)16(19)12-22(18,21(4,5)6)15-10-8-7-9-11-15/h7-11,13-14,16-20H,12H2,1-6H3/t14-,16+,17-,18+,22+/m0/s1. The van der Waals surface area contributed by atoms with Crippen molar-refractivity contribution in [2.75, 3.05) is 0 Å². The zero-order valence-electron chi connectivity index (χ0n) is 14.9. The van der Waals surface area contributed by atoms with E-state index in [1.807, 2.05) is 0 Å². The van der Waals surface area contributed by atoms with Gasteiger partial charge in [0.15, 0.2) is 0 Å². The van der Waals surface area contributed by atoms with Gasteiger partial charge in [0.1, 0.15) is 0 Å². The van der Waals surface area contributed by atoms with Crippen LogP contribution in [-0.2, 0) is 0 Å². The predicted molar refractivity (Wildman–Crippen MR) is 99.7 cm³/mol. The number of aliphatic hydroxyl groups excluding tert-OH is 2. The second-order valence-electron chi connectivity index (χ2n) is 8.48. The zero-order chi connectivity index (χ0) is 16.7. The number of rotatable bonds is 3. The maximum absolute atomic E-state index is 10.6. The largest absolute Gasteiger partial charge is 0.391 e. The Kier molecular flexibility index (Phi) is 5.07. The van der Waals surface area contributed by atoms with Crippen molar-refractivity contribution in [1.29, 1.82) is 0 Å². The third-order valence-electron chi connectivity index (χ3n) is 5.95. The molecule has 1 aliphatic heterocycles. The summed E-state index contributed by atoms with van der Waals surface area (Å²) < 4.78 is 0. The average molecular weight is 337 g/mol. The quantitative estimate of drug-likeness (QED) is 0.833. The van der Waals surface area contributed by atoms with Gasteiger partial charge in [-0.3, -0.25) is 0 Å². The molecule has 0 radical (unpaired) electrons. The van der Waals surface area contributed by atoms with Crippen molar-refractivity contribution in [2.45, 2.75) is 64.2 Å². The minimum absolute atomic E-state index is 0.169. The van der Waals surface area contributed by atoms with Gasteiger partial charge in [-0.2, -0.15) is 0 Å². The first kappa shape index (κ1) is 17.9. The molecule has 2 nitrogen and oxygen atoms in total. The number of benzene rings is 1. The Hall–Kier alpha value is -0.426. The van der Waals surface area contributed by atoms with Gasteiger partial charge in [-0.1, -0.05) is 75.9 Å². The molecule has 1 aromatic carbocycles. The maximum atomic E-state index is 10.6. The van der Waals surface area contributed by atoms with Gasteiger partial charge in [0.25, 0.3) is 0 Å². The van der Waals surface area contributed by atoms with Crippen LogP contribution in [-0.4, -0.2) is 37.6 Å². The highest BCUT2D eigenvalue weighted by Crippen LogP contribution is 2.49. The molecule has 124 valence electrons. The molecule has 0 spiro atoms. The fraction of sp³-hybridized carbons (Fsp3) is 0.667. The van der Waals surface area contributed by atoms with Crippen molar-refractivity contribution in [3.63, 3.8) is 0 Å². The summed E-state index contributed by atoms with van der Waals surface area (Å²) in [7, 11) is -3.41. The Bertz CT molecular complexity index is 498. The Morgan fingerprint density at radius 1 is 1.09 bits per heavy atom. The third-order valence-corrected chi connectivity index (χ3v) is 23.9. The summed E-state index contributed by atoms with van der Waals surface area (Å²) in [6.45, 7) is 14.2. The zero-order valence-corrected chi connectivity index (χ0v) is 16.9. The number of aliphatic hydroxyl groups is 2. The van der Waals surface area contributed by atoms with Crippen molar-refractivity contribution in [3.05, 3.63) is 30.3 Å². The summed E-state index contributed by atoms with van der Waals surface area (Å²) in [6.07, 6.45) is -1.14. The Morgan fingerprint density at radius 2 is 1.64 bits per heavy atom. The molecule has 0 amide bonds. The van der Waals surface area contributed by atoms with Gasteiger partial charge in [0.2, 0.25) is 0 Å². The molecule has 1 heterocycles. The SMILES string of the molecule is CC(C)[C@@H]1[C@@H](C)[C@H](O)[C@H](O)C[Si@]1(c1ccccc1)[Si](C)(C)C. The molecule has 22 heavy (non-hydrogen) atoms. The van der Waals surface area contributed by atoms with Gasteiger partial charge in [-0.25, -0.2) is 0 Å². The monoisotopic (exact) mass is 336 g/mol. The summed E-state index contributed by atoms with van der Waals surface area (Å²) in [5.74, 6) is 0.707. The van der Waals surface area contributed by atoms with E-state index in [2.05, 4.69) is 70.7 Å².